The monoisotopic (exact) mass is 468 g/mol. The zero-order valence-corrected chi connectivity index (χ0v) is 19.4. The molecule has 0 saturated carbocycles. The molecule has 0 amide bonds. The molecule has 0 aliphatic rings. The van der Waals surface area contributed by atoms with Crippen molar-refractivity contribution in [1.29, 1.82) is 0 Å². The molecule has 0 N–H and O–H groups in total. The lowest BCUT2D eigenvalue weighted by atomic mass is 10.2. The van der Waals surface area contributed by atoms with Gasteiger partial charge in [0.1, 0.15) is 11.5 Å². The highest BCUT2D eigenvalue weighted by Gasteiger charge is 2.14. The van der Waals surface area contributed by atoms with Crippen LogP contribution in [-0.2, 0) is 14.3 Å². The lowest BCUT2D eigenvalue weighted by molar-refractivity contribution is 0.0734. The van der Waals surface area contributed by atoms with Crippen LogP contribution in [0.1, 0.15) is 41.6 Å². The standard InChI is InChI=1S/C26H28O6S/c1-21-11-17-25(18-12-21)33(28,29)31-20-8-3-2-7-19-30-23-15-13-22(14-16-23)26(27)32-24-9-5-4-6-10-24/h4-6,9-18H,2-3,7-8,19-20H2,1H3. The van der Waals surface area contributed by atoms with Gasteiger partial charge in [-0.25, -0.2) is 4.79 Å². The molecule has 6 nitrogen and oxygen atoms in total. The molecule has 7 heteroatoms. The Hall–Kier alpha value is -3.16. The van der Waals surface area contributed by atoms with Crippen molar-refractivity contribution >= 4 is 16.1 Å². The zero-order valence-electron chi connectivity index (χ0n) is 18.6. The minimum absolute atomic E-state index is 0.164. The van der Waals surface area contributed by atoms with Gasteiger partial charge in [0.2, 0.25) is 0 Å². The molecule has 0 unspecified atom stereocenters. The fourth-order valence-corrected chi connectivity index (χ4v) is 3.97. The summed E-state index contributed by atoms with van der Waals surface area (Å²) < 4.78 is 40.4. The zero-order chi connectivity index (χ0) is 23.5. The first-order valence-corrected chi connectivity index (χ1v) is 12.3. The Kier molecular flexibility index (Phi) is 9.04. The first-order chi connectivity index (χ1) is 15.9. The van der Waals surface area contributed by atoms with E-state index in [4.69, 9.17) is 13.7 Å². The number of unbranched alkanes of at least 4 members (excludes halogenated alkanes) is 3. The van der Waals surface area contributed by atoms with E-state index in [1.807, 2.05) is 13.0 Å². The van der Waals surface area contributed by atoms with Gasteiger partial charge in [-0.05, 0) is 74.7 Å². The van der Waals surface area contributed by atoms with E-state index in [1.165, 1.54) is 0 Å². The molecule has 0 aromatic heterocycles. The number of hydrogen-bond donors (Lipinski definition) is 0. The second-order valence-electron chi connectivity index (χ2n) is 7.58. The molecule has 3 aromatic rings. The van der Waals surface area contributed by atoms with E-state index in [0.29, 0.717) is 30.1 Å². The Morgan fingerprint density at radius 1 is 0.727 bits per heavy atom. The number of benzene rings is 3. The third kappa shape index (κ3) is 8.04. The molecule has 0 spiro atoms. The van der Waals surface area contributed by atoms with Crippen LogP contribution in [0, 0.1) is 6.92 Å². The van der Waals surface area contributed by atoms with Gasteiger partial charge in [0.25, 0.3) is 10.1 Å². The van der Waals surface area contributed by atoms with E-state index < -0.39 is 16.1 Å². The number of carbonyl (C=O) groups excluding carboxylic acids is 1. The highest BCUT2D eigenvalue weighted by molar-refractivity contribution is 7.86. The maximum atomic E-state index is 12.2. The van der Waals surface area contributed by atoms with Gasteiger partial charge in [-0.2, -0.15) is 8.42 Å². The van der Waals surface area contributed by atoms with Crippen molar-refractivity contribution in [2.45, 2.75) is 37.5 Å². The molecule has 0 saturated heterocycles. The molecular formula is C26H28O6S. The van der Waals surface area contributed by atoms with E-state index in [1.54, 1.807) is 72.8 Å². The maximum absolute atomic E-state index is 12.2. The molecular weight excluding hydrogens is 440 g/mol. The van der Waals surface area contributed by atoms with Crippen LogP contribution in [0.5, 0.6) is 11.5 Å². The summed E-state index contributed by atoms with van der Waals surface area (Å²) in [6.45, 7) is 2.60. The Labute approximate surface area is 195 Å². The molecule has 33 heavy (non-hydrogen) atoms. The van der Waals surface area contributed by atoms with Crippen molar-refractivity contribution in [2.75, 3.05) is 13.2 Å². The summed E-state index contributed by atoms with van der Waals surface area (Å²) in [4.78, 5) is 12.3. The van der Waals surface area contributed by atoms with Crippen LogP contribution < -0.4 is 9.47 Å². The number of para-hydroxylation sites is 1. The van der Waals surface area contributed by atoms with Gasteiger partial charge in [0.15, 0.2) is 0 Å². The summed E-state index contributed by atoms with van der Waals surface area (Å²) in [7, 11) is -3.70. The van der Waals surface area contributed by atoms with E-state index in [0.717, 1.165) is 24.8 Å². The number of aryl methyl sites for hydroxylation is 1. The first kappa shape index (κ1) is 24.5. The normalized spacial score (nSPS) is 11.2. The SMILES string of the molecule is Cc1ccc(S(=O)(=O)OCCCCCCOc2ccc(C(=O)Oc3ccccc3)cc2)cc1. The maximum Gasteiger partial charge on any atom is 0.343 e. The lowest BCUT2D eigenvalue weighted by Crippen LogP contribution is -2.08. The van der Waals surface area contributed by atoms with Crippen molar-refractivity contribution in [1.82, 2.24) is 0 Å². The van der Waals surface area contributed by atoms with Crippen LogP contribution in [0.25, 0.3) is 0 Å². The molecule has 0 aliphatic heterocycles. The van der Waals surface area contributed by atoms with E-state index in [2.05, 4.69) is 0 Å². The minimum atomic E-state index is -3.70. The smallest absolute Gasteiger partial charge is 0.343 e. The van der Waals surface area contributed by atoms with Crippen LogP contribution in [0.3, 0.4) is 0 Å². The summed E-state index contributed by atoms with van der Waals surface area (Å²) in [6.07, 6.45) is 3.23. The van der Waals surface area contributed by atoms with Crippen molar-refractivity contribution in [3.8, 4) is 11.5 Å². The van der Waals surface area contributed by atoms with Gasteiger partial charge in [-0.15, -0.1) is 0 Å². The average molecular weight is 469 g/mol. The third-order valence-electron chi connectivity index (χ3n) is 4.90. The van der Waals surface area contributed by atoms with E-state index >= 15 is 0 Å². The highest BCUT2D eigenvalue weighted by atomic mass is 32.2. The summed E-state index contributed by atoms with van der Waals surface area (Å²) in [5.41, 5.74) is 1.45. The molecule has 0 atom stereocenters. The number of carbonyl (C=O) groups is 1. The fraction of sp³-hybridized carbons (Fsp3) is 0.269. The van der Waals surface area contributed by atoms with Gasteiger partial charge in [-0.1, -0.05) is 42.3 Å². The number of hydrogen-bond acceptors (Lipinski definition) is 6. The molecule has 3 rings (SSSR count). The summed E-state index contributed by atoms with van der Waals surface area (Å²) >= 11 is 0. The average Bonchev–Trinajstić information content (AvgIpc) is 2.82. The van der Waals surface area contributed by atoms with Gasteiger partial charge < -0.3 is 9.47 Å². The van der Waals surface area contributed by atoms with Gasteiger partial charge >= 0.3 is 5.97 Å². The van der Waals surface area contributed by atoms with Crippen LogP contribution >= 0.6 is 0 Å². The topological polar surface area (TPSA) is 78.9 Å². The number of esters is 1. The second kappa shape index (κ2) is 12.2. The number of ether oxygens (including phenoxy) is 2. The molecule has 0 radical (unpaired) electrons. The third-order valence-corrected chi connectivity index (χ3v) is 6.23. The van der Waals surface area contributed by atoms with Crippen molar-refractivity contribution in [2.24, 2.45) is 0 Å². The molecule has 0 aliphatic carbocycles. The summed E-state index contributed by atoms with van der Waals surface area (Å²) in [6, 6.07) is 22.4. The van der Waals surface area contributed by atoms with E-state index in [9.17, 15) is 13.2 Å². The second-order valence-corrected chi connectivity index (χ2v) is 9.19. The number of rotatable bonds is 12. The Balaban J connectivity index is 1.29. The quantitative estimate of drug-likeness (QED) is 0.150. The first-order valence-electron chi connectivity index (χ1n) is 10.9. The minimum Gasteiger partial charge on any atom is -0.494 e. The molecule has 0 fully saturated rings. The van der Waals surface area contributed by atoms with Crippen molar-refractivity contribution in [3.63, 3.8) is 0 Å². The predicted octanol–water partition coefficient (Wildman–Crippen LogP) is 5.56. The van der Waals surface area contributed by atoms with Gasteiger partial charge in [0, 0.05) is 0 Å². The highest BCUT2D eigenvalue weighted by Crippen LogP contribution is 2.17. The largest absolute Gasteiger partial charge is 0.494 e. The molecule has 0 bridgehead atoms. The van der Waals surface area contributed by atoms with Crippen molar-refractivity contribution in [3.05, 3.63) is 90.0 Å². The Morgan fingerprint density at radius 2 is 1.36 bits per heavy atom. The van der Waals surface area contributed by atoms with Crippen LogP contribution in [-0.4, -0.2) is 27.6 Å². The predicted molar refractivity (Wildman–Crippen MR) is 126 cm³/mol. The molecule has 174 valence electrons. The Morgan fingerprint density at radius 3 is 2.03 bits per heavy atom. The summed E-state index contributed by atoms with van der Waals surface area (Å²) in [5, 5.41) is 0. The fourth-order valence-electron chi connectivity index (χ4n) is 3.03. The van der Waals surface area contributed by atoms with Gasteiger partial charge in [0.05, 0.1) is 23.7 Å². The van der Waals surface area contributed by atoms with Crippen LogP contribution in [0.15, 0.2) is 83.8 Å². The van der Waals surface area contributed by atoms with Crippen LogP contribution in [0.4, 0.5) is 0 Å². The Bertz CT molecular complexity index is 1110. The molecule has 0 heterocycles. The van der Waals surface area contributed by atoms with E-state index in [-0.39, 0.29) is 11.5 Å². The van der Waals surface area contributed by atoms with Gasteiger partial charge in [-0.3, -0.25) is 4.18 Å². The summed E-state index contributed by atoms with van der Waals surface area (Å²) in [5.74, 6) is 0.763. The van der Waals surface area contributed by atoms with Crippen molar-refractivity contribution < 1.29 is 26.9 Å². The molecule has 3 aromatic carbocycles. The van der Waals surface area contributed by atoms with Crippen LogP contribution in [0.2, 0.25) is 0 Å². The lowest BCUT2D eigenvalue weighted by Gasteiger charge is -2.08.